The Bertz CT molecular complexity index is 794. The normalized spacial score (nSPS) is 14.9. The van der Waals surface area contributed by atoms with E-state index in [2.05, 4.69) is 10.6 Å². The molecule has 2 amide bonds. The van der Waals surface area contributed by atoms with Gasteiger partial charge < -0.3 is 15.4 Å². The van der Waals surface area contributed by atoms with E-state index in [-0.39, 0.29) is 17.9 Å². The molecule has 28 heavy (non-hydrogen) atoms. The Morgan fingerprint density at radius 1 is 0.857 bits per heavy atom. The minimum absolute atomic E-state index is 0.183. The summed E-state index contributed by atoms with van der Waals surface area (Å²) in [5, 5.41) is 5.88. The minimum atomic E-state index is -1.14. The van der Waals surface area contributed by atoms with Gasteiger partial charge in [0.15, 0.2) is 0 Å². The Kier molecular flexibility index (Phi) is 6.34. The van der Waals surface area contributed by atoms with E-state index >= 15 is 0 Å². The molecule has 3 rings (SSSR count). The molecule has 1 aliphatic rings. The molecule has 2 aromatic carbocycles. The Balaban J connectivity index is 1.57. The van der Waals surface area contributed by atoms with E-state index in [9.17, 15) is 9.59 Å². The Hall–Kier alpha value is -2.82. The van der Waals surface area contributed by atoms with Crippen molar-refractivity contribution in [1.29, 1.82) is 0 Å². The number of nitrogens with one attached hydrogen (secondary N) is 2. The highest BCUT2D eigenvalue weighted by atomic mass is 16.5. The van der Waals surface area contributed by atoms with Gasteiger partial charge in [0.2, 0.25) is 11.8 Å². The molecule has 0 radical (unpaired) electrons. The van der Waals surface area contributed by atoms with Gasteiger partial charge in [0.25, 0.3) is 0 Å². The zero-order valence-corrected chi connectivity index (χ0v) is 16.5. The SMILES string of the molecule is CC(C)(C(=O)Nc1ccc(Oc2ccccc2)cc1)C(=O)NC1CCCCC1. The van der Waals surface area contributed by atoms with Gasteiger partial charge in [-0.15, -0.1) is 0 Å². The molecule has 0 aromatic heterocycles. The standard InChI is InChI=1S/C23H28N2O3/c1-23(2,21(26)24-17-9-5-3-6-10-17)22(27)25-18-13-15-20(16-14-18)28-19-11-7-4-8-12-19/h4,7-8,11-17H,3,5-6,9-10H2,1-2H3,(H,24,26)(H,25,27). The van der Waals surface area contributed by atoms with Crippen molar-refractivity contribution in [3.8, 4) is 11.5 Å². The van der Waals surface area contributed by atoms with Gasteiger partial charge in [-0.2, -0.15) is 0 Å². The van der Waals surface area contributed by atoms with Crippen LogP contribution < -0.4 is 15.4 Å². The van der Waals surface area contributed by atoms with Crippen LogP contribution in [0.1, 0.15) is 46.0 Å². The van der Waals surface area contributed by atoms with E-state index in [1.54, 1.807) is 38.1 Å². The van der Waals surface area contributed by atoms with Gasteiger partial charge in [-0.05, 0) is 63.1 Å². The fourth-order valence-corrected chi connectivity index (χ4v) is 3.23. The number of benzene rings is 2. The number of hydrogen-bond acceptors (Lipinski definition) is 3. The van der Waals surface area contributed by atoms with Crippen LogP contribution in [0, 0.1) is 5.41 Å². The van der Waals surface area contributed by atoms with Gasteiger partial charge in [-0.25, -0.2) is 0 Å². The zero-order valence-electron chi connectivity index (χ0n) is 16.5. The lowest BCUT2D eigenvalue weighted by molar-refractivity contribution is -0.139. The fraction of sp³-hybridized carbons (Fsp3) is 0.391. The van der Waals surface area contributed by atoms with Crippen LogP contribution >= 0.6 is 0 Å². The second-order valence-corrected chi connectivity index (χ2v) is 7.83. The molecule has 0 spiro atoms. The van der Waals surface area contributed by atoms with Crippen LogP contribution in [-0.4, -0.2) is 17.9 Å². The third-order valence-corrected chi connectivity index (χ3v) is 5.17. The van der Waals surface area contributed by atoms with Crippen molar-refractivity contribution < 1.29 is 14.3 Å². The second-order valence-electron chi connectivity index (χ2n) is 7.83. The summed E-state index contributed by atoms with van der Waals surface area (Å²) < 4.78 is 5.75. The molecule has 1 aliphatic carbocycles. The van der Waals surface area contributed by atoms with E-state index in [1.807, 2.05) is 30.3 Å². The van der Waals surface area contributed by atoms with E-state index in [4.69, 9.17) is 4.74 Å². The van der Waals surface area contributed by atoms with Crippen LogP contribution in [0.2, 0.25) is 0 Å². The zero-order chi connectivity index (χ0) is 20.0. The summed E-state index contributed by atoms with van der Waals surface area (Å²) >= 11 is 0. The second kappa shape index (κ2) is 8.91. The maximum absolute atomic E-state index is 12.7. The number of carbonyl (C=O) groups excluding carboxylic acids is 2. The maximum Gasteiger partial charge on any atom is 0.239 e. The molecule has 0 bridgehead atoms. The van der Waals surface area contributed by atoms with Crippen LogP contribution in [0.25, 0.3) is 0 Å². The molecule has 148 valence electrons. The third-order valence-electron chi connectivity index (χ3n) is 5.17. The van der Waals surface area contributed by atoms with Crippen LogP contribution in [0.15, 0.2) is 54.6 Å². The minimum Gasteiger partial charge on any atom is -0.457 e. The fourth-order valence-electron chi connectivity index (χ4n) is 3.23. The van der Waals surface area contributed by atoms with Crippen LogP contribution in [0.3, 0.4) is 0 Å². The van der Waals surface area contributed by atoms with Crippen molar-refractivity contribution in [2.45, 2.75) is 52.0 Å². The number of ether oxygens (including phenoxy) is 1. The monoisotopic (exact) mass is 380 g/mol. The number of carbonyl (C=O) groups is 2. The van der Waals surface area contributed by atoms with Gasteiger partial charge in [-0.3, -0.25) is 9.59 Å². The summed E-state index contributed by atoms with van der Waals surface area (Å²) in [4.78, 5) is 25.3. The van der Waals surface area contributed by atoms with Crippen molar-refractivity contribution in [2.24, 2.45) is 5.41 Å². The van der Waals surface area contributed by atoms with Crippen molar-refractivity contribution in [2.75, 3.05) is 5.32 Å². The smallest absolute Gasteiger partial charge is 0.239 e. The molecule has 5 nitrogen and oxygen atoms in total. The quantitative estimate of drug-likeness (QED) is 0.701. The van der Waals surface area contributed by atoms with E-state index in [0.29, 0.717) is 11.4 Å². The van der Waals surface area contributed by atoms with Crippen molar-refractivity contribution >= 4 is 17.5 Å². The van der Waals surface area contributed by atoms with Gasteiger partial charge in [0, 0.05) is 11.7 Å². The van der Waals surface area contributed by atoms with Gasteiger partial charge >= 0.3 is 0 Å². The molecule has 1 fully saturated rings. The summed E-state index contributed by atoms with van der Waals surface area (Å²) in [7, 11) is 0. The molecule has 5 heteroatoms. The van der Waals surface area contributed by atoms with E-state index in [0.717, 1.165) is 31.4 Å². The molecule has 0 heterocycles. The van der Waals surface area contributed by atoms with Crippen molar-refractivity contribution in [3.63, 3.8) is 0 Å². The average molecular weight is 380 g/mol. The predicted octanol–water partition coefficient (Wildman–Crippen LogP) is 4.89. The number of anilines is 1. The molecule has 2 aromatic rings. The molecular formula is C23H28N2O3. The first-order valence-corrected chi connectivity index (χ1v) is 9.90. The van der Waals surface area contributed by atoms with E-state index < -0.39 is 5.41 Å². The number of rotatable bonds is 6. The third kappa shape index (κ3) is 5.12. The lowest BCUT2D eigenvalue weighted by Gasteiger charge is -2.28. The largest absolute Gasteiger partial charge is 0.457 e. The Morgan fingerprint density at radius 3 is 2.11 bits per heavy atom. The molecular weight excluding hydrogens is 352 g/mol. The molecule has 0 saturated heterocycles. The molecule has 1 saturated carbocycles. The molecule has 0 aliphatic heterocycles. The lowest BCUT2D eigenvalue weighted by atomic mass is 9.88. The highest BCUT2D eigenvalue weighted by Crippen LogP contribution is 2.25. The van der Waals surface area contributed by atoms with Crippen molar-refractivity contribution in [1.82, 2.24) is 5.32 Å². The topological polar surface area (TPSA) is 67.4 Å². The van der Waals surface area contributed by atoms with Crippen molar-refractivity contribution in [3.05, 3.63) is 54.6 Å². The number of para-hydroxylation sites is 1. The van der Waals surface area contributed by atoms with Gasteiger partial charge in [0.1, 0.15) is 16.9 Å². The van der Waals surface area contributed by atoms with Gasteiger partial charge in [-0.1, -0.05) is 37.5 Å². The first kappa shape index (κ1) is 19.9. The summed E-state index contributed by atoms with van der Waals surface area (Å²) in [6.45, 7) is 3.32. The number of amides is 2. The maximum atomic E-state index is 12.7. The predicted molar refractivity (Wildman–Crippen MR) is 110 cm³/mol. The first-order chi connectivity index (χ1) is 13.4. The molecule has 0 unspecified atom stereocenters. The average Bonchev–Trinajstić information content (AvgIpc) is 2.71. The summed E-state index contributed by atoms with van der Waals surface area (Å²) in [5.74, 6) is 0.886. The summed E-state index contributed by atoms with van der Waals surface area (Å²) in [5.41, 5.74) is -0.514. The summed E-state index contributed by atoms with van der Waals surface area (Å²) in [6.07, 6.45) is 5.48. The highest BCUT2D eigenvalue weighted by molar-refractivity contribution is 6.09. The molecule has 2 N–H and O–H groups in total. The van der Waals surface area contributed by atoms with E-state index in [1.165, 1.54) is 6.42 Å². The summed E-state index contributed by atoms with van der Waals surface area (Å²) in [6, 6.07) is 16.8. The molecule has 0 atom stereocenters. The van der Waals surface area contributed by atoms with Crippen LogP contribution in [0.4, 0.5) is 5.69 Å². The van der Waals surface area contributed by atoms with Gasteiger partial charge in [0.05, 0.1) is 0 Å². The lowest BCUT2D eigenvalue weighted by Crippen LogP contribution is -2.49. The highest BCUT2D eigenvalue weighted by Gasteiger charge is 2.37. The Morgan fingerprint density at radius 2 is 1.46 bits per heavy atom. The van der Waals surface area contributed by atoms with Crippen LogP contribution in [-0.2, 0) is 9.59 Å². The van der Waals surface area contributed by atoms with Crippen LogP contribution in [0.5, 0.6) is 11.5 Å². The first-order valence-electron chi connectivity index (χ1n) is 9.90. The Labute approximate surface area is 166 Å². The number of hydrogen-bond donors (Lipinski definition) is 2.